The molecule has 0 fully saturated rings. The maximum absolute atomic E-state index is 11.1. The Hall–Kier alpha value is -0.0900. The van der Waals surface area contributed by atoms with E-state index in [0.717, 1.165) is 51.6 Å². The van der Waals surface area contributed by atoms with Crippen molar-refractivity contribution in [2.75, 3.05) is 13.1 Å². The minimum absolute atomic E-state index is 0. The minimum Gasteiger partial charge on any atom is -0.548 e. The van der Waals surface area contributed by atoms with E-state index in [4.69, 9.17) is 0 Å². The zero-order chi connectivity index (χ0) is 16.6. The van der Waals surface area contributed by atoms with Gasteiger partial charge in [-0.2, -0.15) is 0 Å². The van der Waals surface area contributed by atoms with E-state index < -0.39 is 12.0 Å². The molecule has 0 aliphatic carbocycles. The van der Waals surface area contributed by atoms with Gasteiger partial charge in [-0.1, -0.05) is 37.1 Å². The molecular weight excluding hydrogens is 297 g/mol. The molecule has 0 aliphatic rings. The Morgan fingerprint density at radius 3 is 1.70 bits per heavy atom. The molecule has 0 aromatic heterocycles. The number of unbranched alkanes of at least 4 members (excludes halogenated alkanes) is 6. The zero-order valence-corrected chi connectivity index (χ0v) is 17.7. The number of carbonyl (C=O) groups is 1. The Balaban J connectivity index is 0. The van der Waals surface area contributed by atoms with E-state index in [-0.39, 0.29) is 29.6 Å². The molecule has 4 heteroatoms. The number of rotatable bonds is 14. The zero-order valence-electron chi connectivity index (χ0n) is 15.7. The summed E-state index contributed by atoms with van der Waals surface area (Å²) < 4.78 is 0. The SMILES string of the molecule is C/C=C/CCCCCN(CCCCC/C=C/C)C(C)C(=O)[O-].[Na+]. The maximum Gasteiger partial charge on any atom is 1.00 e. The monoisotopic (exact) mass is 331 g/mol. The topological polar surface area (TPSA) is 43.4 Å². The van der Waals surface area contributed by atoms with Crippen molar-refractivity contribution in [1.29, 1.82) is 0 Å². The largest absolute Gasteiger partial charge is 1.00 e. The Kier molecular flexibility index (Phi) is 20.0. The van der Waals surface area contributed by atoms with E-state index in [0.29, 0.717) is 0 Å². The first-order chi connectivity index (χ1) is 10.6. The summed E-state index contributed by atoms with van der Waals surface area (Å²) in [5.41, 5.74) is 0. The first-order valence-electron chi connectivity index (χ1n) is 8.80. The van der Waals surface area contributed by atoms with Crippen molar-refractivity contribution in [2.24, 2.45) is 0 Å². The van der Waals surface area contributed by atoms with E-state index in [9.17, 15) is 9.90 Å². The van der Waals surface area contributed by atoms with E-state index in [1.54, 1.807) is 6.92 Å². The van der Waals surface area contributed by atoms with Crippen LogP contribution in [0.2, 0.25) is 0 Å². The first-order valence-corrected chi connectivity index (χ1v) is 8.80. The van der Waals surface area contributed by atoms with E-state index >= 15 is 0 Å². The number of carboxylic acid groups (broad SMARTS) is 1. The second-order valence-corrected chi connectivity index (χ2v) is 5.87. The van der Waals surface area contributed by atoms with Crippen LogP contribution in [-0.2, 0) is 4.79 Å². The van der Waals surface area contributed by atoms with Crippen LogP contribution in [0.15, 0.2) is 24.3 Å². The number of carboxylic acids is 1. The summed E-state index contributed by atoms with van der Waals surface area (Å²) in [6, 6.07) is -0.480. The number of hydrogen-bond acceptors (Lipinski definition) is 3. The number of hydrogen-bond donors (Lipinski definition) is 0. The summed E-state index contributed by atoms with van der Waals surface area (Å²) in [6.45, 7) is 7.55. The summed E-state index contributed by atoms with van der Waals surface area (Å²) in [6.07, 6.45) is 17.6. The van der Waals surface area contributed by atoms with Crippen molar-refractivity contribution < 1.29 is 39.5 Å². The van der Waals surface area contributed by atoms with Crippen LogP contribution in [0.5, 0.6) is 0 Å². The third-order valence-electron chi connectivity index (χ3n) is 3.99. The van der Waals surface area contributed by atoms with Gasteiger partial charge in [0.1, 0.15) is 0 Å². The number of carbonyl (C=O) groups excluding carboxylic acids is 1. The second-order valence-electron chi connectivity index (χ2n) is 5.87. The Labute approximate surface area is 165 Å². The van der Waals surface area contributed by atoms with Gasteiger partial charge < -0.3 is 9.90 Å². The van der Waals surface area contributed by atoms with Crippen LogP contribution in [0.25, 0.3) is 0 Å². The van der Waals surface area contributed by atoms with Crippen LogP contribution >= 0.6 is 0 Å². The summed E-state index contributed by atoms with van der Waals surface area (Å²) in [5.74, 6) is -0.956. The van der Waals surface area contributed by atoms with Crippen LogP contribution in [0, 0.1) is 0 Å². The number of allylic oxidation sites excluding steroid dienone is 4. The molecule has 1 atom stereocenters. The number of aliphatic carboxylic acids is 1. The fraction of sp³-hybridized carbons (Fsp3) is 0.737. The van der Waals surface area contributed by atoms with Gasteiger partial charge in [-0.3, -0.25) is 4.90 Å². The Bertz CT molecular complexity index is 307. The molecule has 0 rings (SSSR count). The quantitative estimate of drug-likeness (QED) is 0.267. The third kappa shape index (κ3) is 15.2. The van der Waals surface area contributed by atoms with Gasteiger partial charge in [0.15, 0.2) is 0 Å². The van der Waals surface area contributed by atoms with Gasteiger partial charge in [-0.25, -0.2) is 0 Å². The molecular formula is C19H34NNaO2. The van der Waals surface area contributed by atoms with Crippen molar-refractivity contribution in [3.63, 3.8) is 0 Å². The normalized spacial score (nSPS) is 12.9. The third-order valence-corrected chi connectivity index (χ3v) is 3.99. The molecule has 0 radical (unpaired) electrons. The molecule has 3 nitrogen and oxygen atoms in total. The fourth-order valence-electron chi connectivity index (χ4n) is 2.49. The van der Waals surface area contributed by atoms with Crippen molar-refractivity contribution in [1.82, 2.24) is 4.90 Å². The molecule has 0 amide bonds. The molecule has 1 unspecified atom stereocenters. The van der Waals surface area contributed by atoms with Crippen LogP contribution in [0.1, 0.15) is 72.1 Å². The molecule has 128 valence electrons. The molecule has 0 N–H and O–H groups in total. The summed E-state index contributed by atoms with van der Waals surface area (Å²) in [5, 5.41) is 11.1. The van der Waals surface area contributed by atoms with E-state index in [2.05, 4.69) is 29.2 Å². The molecule has 0 aromatic rings. The minimum atomic E-state index is -0.956. The van der Waals surface area contributed by atoms with Gasteiger partial charge in [-0.15, -0.1) is 0 Å². The summed E-state index contributed by atoms with van der Waals surface area (Å²) in [7, 11) is 0. The van der Waals surface area contributed by atoms with Crippen molar-refractivity contribution in [3.05, 3.63) is 24.3 Å². The van der Waals surface area contributed by atoms with Gasteiger partial charge in [0.25, 0.3) is 0 Å². The predicted octanol–water partition coefficient (Wildman–Crippen LogP) is 0.704. The average Bonchev–Trinajstić information content (AvgIpc) is 2.51. The molecule has 23 heavy (non-hydrogen) atoms. The fourth-order valence-corrected chi connectivity index (χ4v) is 2.49. The number of nitrogens with zero attached hydrogens (tertiary/aromatic N) is 1. The average molecular weight is 331 g/mol. The summed E-state index contributed by atoms with van der Waals surface area (Å²) >= 11 is 0. The maximum atomic E-state index is 11.1. The van der Waals surface area contributed by atoms with Gasteiger partial charge in [-0.05, 0) is 72.4 Å². The van der Waals surface area contributed by atoms with E-state index in [1.807, 2.05) is 13.8 Å². The van der Waals surface area contributed by atoms with Crippen molar-refractivity contribution in [3.8, 4) is 0 Å². The molecule has 0 saturated heterocycles. The van der Waals surface area contributed by atoms with Crippen LogP contribution in [-0.4, -0.2) is 30.0 Å². The molecule has 0 aliphatic heterocycles. The summed E-state index contributed by atoms with van der Waals surface area (Å²) in [4.78, 5) is 13.2. The van der Waals surface area contributed by atoms with Gasteiger partial charge in [0.05, 0.1) is 5.97 Å². The molecule has 0 saturated carbocycles. The Morgan fingerprint density at radius 1 is 0.913 bits per heavy atom. The van der Waals surface area contributed by atoms with Gasteiger partial charge in [0.2, 0.25) is 0 Å². The standard InChI is InChI=1S/C19H35NO2.Na/c1-4-6-8-10-12-14-16-20(18(3)19(21)22)17-15-13-11-9-7-5-2;/h4-7,18H,8-17H2,1-3H3,(H,21,22);/q;+1/p-1/b6-4+,7-5+;. The molecule has 0 heterocycles. The van der Waals surface area contributed by atoms with Crippen molar-refractivity contribution >= 4 is 5.97 Å². The molecule has 0 aromatic carbocycles. The smallest absolute Gasteiger partial charge is 0.548 e. The Morgan fingerprint density at radius 2 is 1.35 bits per heavy atom. The van der Waals surface area contributed by atoms with Crippen LogP contribution in [0.4, 0.5) is 0 Å². The first kappa shape index (κ1) is 25.2. The van der Waals surface area contributed by atoms with Crippen molar-refractivity contribution in [2.45, 2.75) is 78.2 Å². The van der Waals surface area contributed by atoms with Gasteiger partial charge in [0, 0.05) is 6.04 Å². The van der Waals surface area contributed by atoms with Crippen LogP contribution in [0.3, 0.4) is 0 Å². The second kappa shape index (κ2) is 18.3. The van der Waals surface area contributed by atoms with Crippen LogP contribution < -0.4 is 34.7 Å². The molecule has 0 bridgehead atoms. The van der Waals surface area contributed by atoms with Gasteiger partial charge >= 0.3 is 29.6 Å². The molecule has 0 spiro atoms. The predicted molar refractivity (Wildman–Crippen MR) is 92.6 cm³/mol. The van der Waals surface area contributed by atoms with E-state index in [1.165, 1.54) is 12.8 Å².